The topological polar surface area (TPSA) is 97.8 Å². The van der Waals surface area contributed by atoms with Crippen molar-refractivity contribution < 1.29 is 33.6 Å². The summed E-state index contributed by atoms with van der Waals surface area (Å²) in [6, 6.07) is 19.6. The second kappa shape index (κ2) is 13.1. The van der Waals surface area contributed by atoms with Gasteiger partial charge in [-0.25, -0.2) is 0 Å². The lowest BCUT2D eigenvalue weighted by molar-refractivity contribution is -0.140. The van der Waals surface area contributed by atoms with E-state index in [4.69, 9.17) is 18.9 Å². The number of methoxy groups -OCH3 is 2. The van der Waals surface area contributed by atoms with Crippen molar-refractivity contribution in [2.75, 3.05) is 53.6 Å². The van der Waals surface area contributed by atoms with E-state index < -0.39 is 17.7 Å². The van der Waals surface area contributed by atoms with Gasteiger partial charge in [0.15, 0.2) is 11.5 Å². The SMILES string of the molecule is COc1ccc([C@H]2C(=C(O)c3ccc(OCc4ccccc4)cc3C)C(=O)C(=O)N2CCN2CCOCC2)cc1OC. The van der Waals surface area contributed by atoms with E-state index in [-0.39, 0.29) is 11.3 Å². The van der Waals surface area contributed by atoms with Crippen molar-refractivity contribution in [1.29, 1.82) is 0 Å². The predicted octanol–water partition coefficient (Wildman–Crippen LogP) is 4.35. The molecule has 0 spiro atoms. The minimum Gasteiger partial charge on any atom is -0.507 e. The van der Waals surface area contributed by atoms with Crippen LogP contribution in [-0.2, 0) is 20.9 Å². The van der Waals surface area contributed by atoms with Crippen LogP contribution in [-0.4, -0.2) is 80.2 Å². The average Bonchev–Trinajstić information content (AvgIpc) is 3.28. The standard InChI is InChI=1S/C33H36N2O7/c1-22-19-25(42-21-23-7-5-4-6-8-23)10-11-26(22)31(36)29-30(24-9-12-27(39-2)28(20-24)40-3)35(33(38)32(29)37)14-13-34-15-17-41-18-16-34/h4-12,19-20,30,36H,13-18,21H2,1-3H3/t30-/m0/s1. The van der Waals surface area contributed by atoms with E-state index in [1.807, 2.05) is 43.3 Å². The number of carbonyl (C=O) groups is 2. The van der Waals surface area contributed by atoms with Crippen molar-refractivity contribution >= 4 is 17.4 Å². The van der Waals surface area contributed by atoms with Gasteiger partial charge < -0.3 is 29.0 Å². The number of benzene rings is 3. The number of hydrogen-bond acceptors (Lipinski definition) is 8. The normalized spacial score (nSPS) is 18.7. The van der Waals surface area contributed by atoms with E-state index in [1.165, 1.54) is 12.0 Å². The highest BCUT2D eigenvalue weighted by Gasteiger charge is 2.46. The van der Waals surface area contributed by atoms with E-state index in [9.17, 15) is 14.7 Å². The molecule has 0 radical (unpaired) electrons. The predicted molar refractivity (Wildman–Crippen MR) is 158 cm³/mol. The highest BCUT2D eigenvalue weighted by molar-refractivity contribution is 6.46. The van der Waals surface area contributed by atoms with Gasteiger partial charge in [-0.3, -0.25) is 14.5 Å². The molecule has 3 aromatic carbocycles. The minimum absolute atomic E-state index is 0.0373. The third-order valence-corrected chi connectivity index (χ3v) is 7.73. The van der Waals surface area contributed by atoms with Gasteiger partial charge in [0, 0.05) is 31.7 Å². The van der Waals surface area contributed by atoms with Crippen LogP contribution >= 0.6 is 0 Å². The Morgan fingerprint density at radius 3 is 2.36 bits per heavy atom. The zero-order chi connectivity index (χ0) is 29.6. The van der Waals surface area contributed by atoms with Crippen molar-refractivity contribution in [3.8, 4) is 17.2 Å². The summed E-state index contributed by atoms with van der Waals surface area (Å²) in [5, 5.41) is 11.6. The molecule has 0 bridgehead atoms. The fraction of sp³-hybridized carbons (Fsp3) is 0.333. The summed E-state index contributed by atoms with van der Waals surface area (Å²) < 4.78 is 22.3. The summed E-state index contributed by atoms with van der Waals surface area (Å²) >= 11 is 0. The summed E-state index contributed by atoms with van der Waals surface area (Å²) in [5.41, 5.74) is 2.88. The number of aryl methyl sites for hydroxylation is 1. The summed E-state index contributed by atoms with van der Waals surface area (Å²) in [5.74, 6) is 0.0193. The molecule has 9 heteroatoms. The number of nitrogens with zero attached hydrogens (tertiary/aromatic N) is 2. The van der Waals surface area contributed by atoms with Crippen LogP contribution in [0, 0.1) is 6.92 Å². The molecule has 220 valence electrons. The lowest BCUT2D eigenvalue weighted by Crippen LogP contribution is -2.42. The number of hydrogen-bond donors (Lipinski definition) is 1. The molecule has 2 fully saturated rings. The molecule has 2 saturated heterocycles. The van der Waals surface area contributed by atoms with Crippen LogP contribution in [0.4, 0.5) is 0 Å². The van der Waals surface area contributed by atoms with Crippen LogP contribution in [0.2, 0.25) is 0 Å². The molecule has 1 amide bonds. The third kappa shape index (κ3) is 6.12. The van der Waals surface area contributed by atoms with Crippen LogP contribution in [0.5, 0.6) is 17.2 Å². The number of ketones is 1. The number of amides is 1. The van der Waals surface area contributed by atoms with E-state index >= 15 is 0 Å². The van der Waals surface area contributed by atoms with Crippen LogP contribution < -0.4 is 14.2 Å². The number of morpholine rings is 1. The molecule has 3 aromatic rings. The molecule has 5 rings (SSSR count). The molecule has 1 atom stereocenters. The van der Waals surface area contributed by atoms with E-state index in [0.29, 0.717) is 66.8 Å². The molecule has 2 aliphatic rings. The van der Waals surface area contributed by atoms with E-state index in [0.717, 1.165) is 18.7 Å². The van der Waals surface area contributed by atoms with Crippen LogP contribution in [0.3, 0.4) is 0 Å². The Morgan fingerprint density at radius 2 is 1.67 bits per heavy atom. The van der Waals surface area contributed by atoms with Crippen LogP contribution in [0.25, 0.3) is 5.76 Å². The van der Waals surface area contributed by atoms with E-state index in [2.05, 4.69) is 4.90 Å². The Kier molecular flexibility index (Phi) is 9.09. The summed E-state index contributed by atoms with van der Waals surface area (Å²) in [4.78, 5) is 30.8. The Bertz CT molecular complexity index is 1460. The van der Waals surface area contributed by atoms with Gasteiger partial charge in [-0.1, -0.05) is 36.4 Å². The fourth-order valence-electron chi connectivity index (χ4n) is 5.43. The van der Waals surface area contributed by atoms with Gasteiger partial charge >= 0.3 is 0 Å². The first-order chi connectivity index (χ1) is 20.4. The molecule has 0 aliphatic carbocycles. The number of aliphatic hydroxyl groups excluding tert-OH is 1. The first-order valence-electron chi connectivity index (χ1n) is 14.0. The molecular formula is C33H36N2O7. The Morgan fingerprint density at radius 1 is 0.929 bits per heavy atom. The van der Waals surface area contributed by atoms with Crippen LogP contribution in [0.15, 0.2) is 72.3 Å². The van der Waals surface area contributed by atoms with Crippen LogP contribution in [0.1, 0.15) is 28.3 Å². The van der Waals surface area contributed by atoms with Crippen molar-refractivity contribution in [1.82, 2.24) is 9.80 Å². The lowest BCUT2D eigenvalue weighted by Gasteiger charge is -2.31. The van der Waals surface area contributed by atoms with Gasteiger partial charge in [-0.2, -0.15) is 0 Å². The molecule has 9 nitrogen and oxygen atoms in total. The van der Waals surface area contributed by atoms with Gasteiger partial charge in [-0.15, -0.1) is 0 Å². The molecule has 0 aromatic heterocycles. The largest absolute Gasteiger partial charge is 0.507 e. The maximum atomic E-state index is 13.6. The number of rotatable bonds is 10. The van der Waals surface area contributed by atoms with Crippen molar-refractivity contribution in [3.05, 3.63) is 94.6 Å². The number of aliphatic hydroxyl groups is 1. The van der Waals surface area contributed by atoms with Gasteiger partial charge in [0.2, 0.25) is 0 Å². The molecule has 2 aliphatic heterocycles. The first kappa shape index (κ1) is 29.2. The third-order valence-electron chi connectivity index (χ3n) is 7.73. The van der Waals surface area contributed by atoms with Crippen molar-refractivity contribution in [2.45, 2.75) is 19.6 Å². The molecule has 2 heterocycles. The number of ether oxygens (including phenoxy) is 4. The van der Waals surface area contributed by atoms with Crippen molar-refractivity contribution in [2.24, 2.45) is 0 Å². The Balaban J connectivity index is 1.50. The zero-order valence-electron chi connectivity index (χ0n) is 24.2. The molecule has 0 unspecified atom stereocenters. The Labute approximate surface area is 245 Å². The molecule has 1 N–H and O–H groups in total. The van der Waals surface area contributed by atoms with Gasteiger partial charge in [0.1, 0.15) is 18.1 Å². The number of likely N-dealkylation sites (tertiary alicyclic amines) is 1. The van der Waals surface area contributed by atoms with Gasteiger partial charge in [-0.05, 0) is 53.9 Å². The number of carbonyl (C=O) groups excluding carboxylic acids is 2. The minimum atomic E-state index is -0.806. The second-order valence-corrected chi connectivity index (χ2v) is 10.3. The monoisotopic (exact) mass is 572 g/mol. The quantitative estimate of drug-likeness (QED) is 0.218. The average molecular weight is 573 g/mol. The Hall–Kier alpha value is -4.34. The van der Waals surface area contributed by atoms with Crippen molar-refractivity contribution in [3.63, 3.8) is 0 Å². The highest BCUT2D eigenvalue weighted by Crippen LogP contribution is 2.42. The summed E-state index contributed by atoms with van der Waals surface area (Å²) in [7, 11) is 3.07. The maximum Gasteiger partial charge on any atom is 0.295 e. The molecule has 0 saturated carbocycles. The molecular weight excluding hydrogens is 536 g/mol. The first-order valence-corrected chi connectivity index (χ1v) is 14.0. The van der Waals surface area contributed by atoms with E-state index in [1.54, 1.807) is 37.4 Å². The highest BCUT2D eigenvalue weighted by atomic mass is 16.5. The lowest BCUT2D eigenvalue weighted by atomic mass is 9.93. The maximum absolute atomic E-state index is 13.6. The van der Waals surface area contributed by atoms with Gasteiger partial charge in [0.25, 0.3) is 11.7 Å². The number of Topliss-reactive ketones (excluding diaryl/α,β-unsaturated/α-hetero) is 1. The second-order valence-electron chi connectivity index (χ2n) is 10.3. The summed E-state index contributed by atoms with van der Waals surface area (Å²) in [6.07, 6.45) is 0. The fourth-order valence-corrected chi connectivity index (χ4v) is 5.43. The smallest absolute Gasteiger partial charge is 0.295 e. The summed E-state index contributed by atoms with van der Waals surface area (Å²) in [6.45, 7) is 5.89. The zero-order valence-corrected chi connectivity index (χ0v) is 24.2. The van der Waals surface area contributed by atoms with Gasteiger partial charge in [0.05, 0.1) is 39.0 Å². The molecule has 42 heavy (non-hydrogen) atoms.